The average Bonchev–Trinajstić information content (AvgIpc) is 3.54. The van der Waals surface area contributed by atoms with Gasteiger partial charge in [-0.05, 0) is 49.4 Å². The van der Waals surface area contributed by atoms with Gasteiger partial charge in [0.05, 0.1) is 29.2 Å². The summed E-state index contributed by atoms with van der Waals surface area (Å²) in [5.41, 5.74) is 0.777. The Hall–Kier alpha value is -3.36. The number of carbonyl (C=O) groups is 1. The van der Waals surface area contributed by atoms with Crippen LogP contribution in [0.4, 0.5) is 14.6 Å². The molecule has 31 heavy (non-hydrogen) atoms. The molecule has 1 aliphatic carbocycles. The predicted octanol–water partition coefficient (Wildman–Crippen LogP) is 3.71. The zero-order valence-electron chi connectivity index (χ0n) is 16.8. The molecule has 2 unspecified atom stereocenters. The lowest BCUT2D eigenvalue weighted by Gasteiger charge is -2.39. The number of piperidine rings is 1. The minimum Gasteiger partial charge on any atom is -0.368 e. The molecule has 0 radical (unpaired) electrons. The van der Waals surface area contributed by atoms with Crippen LogP contribution in [-0.4, -0.2) is 49.4 Å². The van der Waals surface area contributed by atoms with Crippen molar-refractivity contribution in [2.24, 2.45) is 5.92 Å². The lowest BCUT2D eigenvalue weighted by Crippen LogP contribution is -2.52. The number of fused-ring (bicyclic) bond motifs is 2. The molecule has 1 aromatic carbocycles. The summed E-state index contributed by atoms with van der Waals surface area (Å²) in [6, 6.07) is 10.3. The van der Waals surface area contributed by atoms with Crippen LogP contribution in [0.3, 0.4) is 0 Å². The molecule has 2 aromatic heterocycles. The number of carbonyl (C=O) groups excluding carboxylic acids is 1. The van der Waals surface area contributed by atoms with E-state index in [9.17, 15) is 13.6 Å². The number of likely N-dealkylation sites (tertiary alicyclic amines) is 1. The first kappa shape index (κ1) is 19.6. The topological polar surface area (TPSA) is 75.9 Å². The number of nitrogens with one attached hydrogen (secondary N) is 1. The SMILES string of the molecule is O=C(c1ccccc1-n1nccn1)N1CC2CCC1(CNc1ccc(C(F)F)cn1)C2. The summed E-state index contributed by atoms with van der Waals surface area (Å²) in [4.78, 5) is 21.1. The fourth-order valence-corrected chi connectivity index (χ4v) is 4.83. The van der Waals surface area contributed by atoms with E-state index < -0.39 is 6.43 Å². The third-order valence-electron chi connectivity index (χ3n) is 6.35. The van der Waals surface area contributed by atoms with Gasteiger partial charge in [0.1, 0.15) is 5.82 Å². The maximum atomic E-state index is 13.6. The molecule has 3 aromatic rings. The molecule has 7 nitrogen and oxygen atoms in total. The molecule has 0 spiro atoms. The molecule has 2 atom stereocenters. The molecule has 160 valence electrons. The standard InChI is InChI=1S/C22H22F2N6O/c23-20(24)16-5-6-19(25-12-16)26-14-22-8-7-15(11-22)13-29(22)21(31)17-3-1-2-4-18(17)30-27-9-10-28-30/h1-6,9-10,12,15,20H,7-8,11,13-14H2,(H,25,26). The van der Waals surface area contributed by atoms with Crippen LogP contribution >= 0.6 is 0 Å². The number of amides is 1. The molecule has 2 fully saturated rings. The molecular weight excluding hydrogens is 402 g/mol. The van der Waals surface area contributed by atoms with E-state index in [1.54, 1.807) is 24.5 Å². The molecule has 5 rings (SSSR count). The Morgan fingerprint density at radius 2 is 2.00 bits per heavy atom. The van der Waals surface area contributed by atoms with E-state index in [2.05, 4.69) is 20.5 Å². The maximum Gasteiger partial charge on any atom is 0.265 e. The van der Waals surface area contributed by atoms with Crippen LogP contribution in [0.15, 0.2) is 55.0 Å². The van der Waals surface area contributed by atoms with Gasteiger partial charge in [0.2, 0.25) is 0 Å². The van der Waals surface area contributed by atoms with Gasteiger partial charge in [0.15, 0.2) is 0 Å². The molecule has 3 heterocycles. The minimum atomic E-state index is -2.54. The van der Waals surface area contributed by atoms with Crippen LogP contribution in [0.5, 0.6) is 0 Å². The number of rotatable bonds is 6. The molecule has 1 N–H and O–H groups in total. The highest BCUT2D eigenvalue weighted by Crippen LogP contribution is 2.47. The number of alkyl halides is 2. The average molecular weight is 424 g/mol. The second kappa shape index (κ2) is 7.72. The highest BCUT2D eigenvalue weighted by Gasteiger charge is 2.52. The van der Waals surface area contributed by atoms with Gasteiger partial charge in [-0.3, -0.25) is 4.79 Å². The van der Waals surface area contributed by atoms with E-state index in [4.69, 9.17) is 0 Å². The molecule has 1 saturated carbocycles. The number of nitrogens with zero attached hydrogens (tertiary/aromatic N) is 5. The Kier molecular flexibility index (Phi) is 4.88. The van der Waals surface area contributed by atoms with Gasteiger partial charge in [0, 0.05) is 24.8 Å². The Labute approximate surface area is 178 Å². The monoisotopic (exact) mass is 424 g/mol. The zero-order valence-corrected chi connectivity index (χ0v) is 16.8. The third kappa shape index (κ3) is 3.54. The van der Waals surface area contributed by atoms with Crippen molar-refractivity contribution in [3.8, 4) is 5.69 Å². The summed E-state index contributed by atoms with van der Waals surface area (Å²) in [6.07, 6.45) is 4.70. The number of benzene rings is 1. The van der Waals surface area contributed by atoms with Crippen molar-refractivity contribution in [2.75, 3.05) is 18.4 Å². The van der Waals surface area contributed by atoms with E-state index >= 15 is 0 Å². The van der Waals surface area contributed by atoms with E-state index in [0.717, 1.165) is 19.3 Å². The second-order valence-electron chi connectivity index (χ2n) is 8.22. The molecule has 1 amide bonds. The summed E-state index contributed by atoms with van der Waals surface area (Å²) in [5, 5.41) is 11.6. The summed E-state index contributed by atoms with van der Waals surface area (Å²) in [5.74, 6) is 0.954. The van der Waals surface area contributed by atoms with Gasteiger partial charge >= 0.3 is 0 Å². The third-order valence-corrected chi connectivity index (χ3v) is 6.35. The van der Waals surface area contributed by atoms with Gasteiger partial charge in [-0.1, -0.05) is 12.1 Å². The van der Waals surface area contributed by atoms with Crippen LogP contribution in [0, 0.1) is 5.92 Å². The first-order valence-electron chi connectivity index (χ1n) is 10.3. The summed E-state index contributed by atoms with van der Waals surface area (Å²) in [6.45, 7) is 1.23. The lowest BCUT2D eigenvalue weighted by molar-refractivity contribution is 0.0566. The summed E-state index contributed by atoms with van der Waals surface area (Å²) < 4.78 is 25.5. The fourth-order valence-electron chi connectivity index (χ4n) is 4.83. The smallest absolute Gasteiger partial charge is 0.265 e. The van der Waals surface area contributed by atoms with Gasteiger partial charge < -0.3 is 10.2 Å². The first-order valence-corrected chi connectivity index (χ1v) is 10.3. The lowest BCUT2D eigenvalue weighted by atomic mass is 9.95. The number of para-hydroxylation sites is 1. The Morgan fingerprint density at radius 1 is 1.19 bits per heavy atom. The van der Waals surface area contributed by atoms with Gasteiger partial charge in [0.25, 0.3) is 12.3 Å². The fraction of sp³-hybridized carbons (Fsp3) is 0.364. The normalized spacial score (nSPS) is 22.3. The van der Waals surface area contributed by atoms with Crippen LogP contribution < -0.4 is 5.32 Å². The molecule has 2 aliphatic rings. The number of pyridine rings is 1. The van der Waals surface area contributed by atoms with Crippen molar-refractivity contribution in [2.45, 2.75) is 31.2 Å². The molecule has 1 aliphatic heterocycles. The highest BCUT2D eigenvalue weighted by molar-refractivity contribution is 5.98. The summed E-state index contributed by atoms with van der Waals surface area (Å²) in [7, 11) is 0. The van der Waals surface area contributed by atoms with Crippen LogP contribution in [-0.2, 0) is 0 Å². The predicted molar refractivity (Wildman–Crippen MR) is 110 cm³/mol. The van der Waals surface area contributed by atoms with Crippen molar-refractivity contribution >= 4 is 11.7 Å². The van der Waals surface area contributed by atoms with Crippen LogP contribution in [0.1, 0.15) is 41.6 Å². The first-order chi connectivity index (χ1) is 15.1. The van der Waals surface area contributed by atoms with Crippen molar-refractivity contribution in [3.63, 3.8) is 0 Å². The largest absolute Gasteiger partial charge is 0.368 e. The van der Waals surface area contributed by atoms with E-state index in [-0.39, 0.29) is 17.0 Å². The quantitative estimate of drug-likeness (QED) is 0.653. The van der Waals surface area contributed by atoms with Crippen molar-refractivity contribution in [1.82, 2.24) is 24.9 Å². The molecule has 2 bridgehead atoms. The summed E-state index contributed by atoms with van der Waals surface area (Å²) >= 11 is 0. The molecule has 9 heteroatoms. The van der Waals surface area contributed by atoms with E-state index in [1.807, 2.05) is 23.1 Å². The number of hydrogen-bond acceptors (Lipinski definition) is 5. The minimum absolute atomic E-state index is 0.0436. The van der Waals surface area contributed by atoms with Gasteiger partial charge in [-0.25, -0.2) is 13.8 Å². The van der Waals surface area contributed by atoms with Crippen LogP contribution in [0.25, 0.3) is 5.69 Å². The highest BCUT2D eigenvalue weighted by atomic mass is 19.3. The van der Waals surface area contributed by atoms with Crippen LogP contribution in [0.2, 0.25) is 0 Å². The van der Waals surface area contributed by atoms with Gasteiger partial charge in [-0.2, -0.15) is 15.0 Å². The van der Waals surface area contributed by atoms with E-state index in [0.29, 0.717) is 36.1 Å². The Bertz CT molecular complexity index is 1070. The number of anilines is 1. The van der Waals surface area contributed by atoms with Crippen molar-refractivity contribution in [1.29, 1.82) is 0 Å². The van der Waals surface area contributed by atoms with Gasteiger partial charge in [-0.15, -0.1) is 0 Å². The van der Waals surface area contributed by atoms with Crippen molar-refractivity contribution in [3.05, 3.63) is 66.1 Å². The number of halogens is 2. The second-order valence-corrected chi connectivity index (χ2v) is 8.22. The van der Waals surface area contributed by atoms with Crippen molar-refractivity contribution < 1.29 is 13.6 Å². The number of hydrogen-bond donors (Lipinski definition) is 1. The Balaban J connectivity index is 1.38. The maximum absolute atomic E-state index is 13.6. The zero-order chi connectivity index (χ0) is 21.4. The number of aromatic nitrogens is 4. The Morgan fingerprint density at radius 3 is 2.71 bits per heavy atom. The molecular formula is C22H22F2N6O. The molecule has 1 saturated heterocycles. The van der Waals surface area contributed by atoms with E-state index in [1.165, 1.54) is 17.1 Å².